The van der Waals surface area contributed by atoms with E-state index in [1.807, 2.05) is 13.8 Å². The van der Waals surface area contributed by atoms with E-state index in [0.29, 0.717) is 12.0 Å². The summed E-state index contributed by atoms with van der Waals surface area (Å²) in [5.74, 6) is 0.622. The summed E-state index contributed by atoms with van der Waals surface area (Å²) < 4.78 is 5.46. The minimum atomic E-state index is -0.00206. The molecule has 0 spiro atoms. The number of piperazine rings is 1. The van der Waals surface area contributed by atoms with Crippen LogP contribution in [0.25, 0.3) is 0 Å². The lowest BCUT2D eigenvalue weighted by Crippen LogP contribution is -2.52. The Morgan fingerprint density at radius 2 is 2.05 bits per heavy atom. The van der Waals surface area contributed by atoms with Gasteiger partial charge >= 0.3 is 6.01 Å². The molecular weight excluding hydrogens is 270 g/mol. The molecule has 21 heavy (non-hydrogen) atoms. The van der Waals surface area contributed by atoms with Crippen LogP contribution in [0.3, 0.4) is 0 Å². The van der Waals surface area contributed by atoms with Gasteiger partial charge in [-0.25, -0.2) is 0 Å². The molecule has 1 aliphatic rings. The van der Waals surface area contributed by atoms with Gasteiger partial charge in [0.1, 0.15) is 0 Å². The van der Waals surface area contributed by atoms with Crippen LogP contribution >= 0.6 is 0 Å². The molecule has 1 fully saturated rings. The Balaban J connectivity index is 1.97. The Hall–Kier alpha value is -1.67. The minimum absolute atomic E-state index is 0.00206. The van der Waals surface area contributed by atoms with Crippen molar-refractivity contribution in [3.05, 3.63) is 0 Å². The number of nitrogens with zero attached hydrogens (tertiary/aromatic N) is 5. The summed E-state index contributed by atoms with van der Waals surface area (Å²) in [5.41, 5.74) is 5.69. The van der Waals surface area contributed by atoms with Crippen molar-refractivity contribution in [1.82, 2.24) is 24.8 Å². The van der Waals surface area contributed by atoms with Crippen LogP contribution in [-0.2, 0) is 0 Å². The summed E-state index contributed by atoms with van der Waals surface area (Å²) >= 11 is 0. The number of anilines is 2. The van der Waals surface area contributed by atoms with Crippen LogP contribution in [0.15, 0.2) is 0 Å². The molecule has 0 aliphatic carbocycles. The molecule has 1 atom stereocenters. The third-order valence-electron chi connectivity index (χ3n) is 3.45. The van der Waals surface area contributed by atoms with E-state index >= 15 is 0 Å². The van der Waals surface area contributed by atoms with Crippen molar-refractivity contribution in [2.24, 2.45) is 0 Å². The smallest absolute Gasteiger partial charge is 0.323 e. The van der Waals surface area contributed by atoms with Crippen molar-refractivity contribution in [3.8, 4) is 6.01 Å². The number of hydrogen-bond donors (Lipinski definition) is 2. The number of nitrogens with two attached hydrogens (primary N) is 1. The largest absolute Gasteiger partial charge is 0.461 e. The van der Waals surface area contributed by atoms with E-state index < -0.39 is 0 Å². The Morgan fingerprint density at radius 1 is 1.29 bits per heavy atom. The van der Waals surface area contributed by atoms with E-state index in [4.69, 9.17) is 10.5 Å². The highest BCUT2D eigenvalue weighted by atomic mass is 16.5. The van der Waals surface area contributed by atoms with Crippen LogP contribution in [0.4, 0.5) is 11.9 Å². The number of nitrogen functional groups attached to an aromatic ring is 1. The molecule has 1 aliphatic heterocycles. The molecule has 2 heterocycles. The van der Waals surface area contributed by atoms with Crippen molar-refractivity contribution >= 4 is 11.9 Å². The lowest BCUT2D eigenvalue weighted by Gasteiger charge is -2.37. The fourth-order valence-corrected chi connectivity index (χ4v) is 2.25. The van der Waals surface area contributed by atoms with Crippen molar-refractivity contribution < 1.29 is 4.74 Å². The van der Waals surface area contributed by atoms with Gasteiger partial charge in [0.25, 0.3) is 0 Å². The summed E-state index contributed by atoms with van der Waals surface area (Å²) in [6, 6.07) is 0.672. The first-order valence-corrected chi connectivity index (χ1v) is 7.25. The van der Waals surface area contributed by atoms with Crippen molar-refractivity contribution in [3.63, 3.8) is 0 Å². The molecule has 0 bridgehead atoms. The lowest BCUT2D eigenvalue weighted by atomic mass is 10.2. The monoisotopic (exact) mass is 295 g/mol. The number of aromatic nitrogens is 3. The Labute approximate surface area is 125 Å². The van der Waals surface area contributed by atoms with E-state index in [9.17, 15) is 0 Å². The second-order valence-electron chi connectivity index (χ2n) is 5.74. The molecule has 0 radical (unpaired) electrons. The van der Waals surface area contributed by atoms with Gasteiger partial charge in [-0.3, -0.25) is 4.90 Å². The maximum Gasteiger partial charge on any atom is 0.323 e. The quantitative estimate of drug-likeness (QED) is 0.778. The van der Waals surface area contributed by atoms with Crippen LogP contribution in [0.1, 0.15) is 13.8 Å². The average Bonchev–Trinajstić information content (AvgIpc) is 2.38. The fraction of sp³-hybridized carbons (Fsp3) is 0.769. The van der Waals surface area contributed by atoms with Gasteiger partial charge in [-0.05, 0) is 27.9 Å². The average molecular weight is 295 g/mol. The number of nitrogens with one attached hydrogen (secondary N) is 1. The first kappa shape index (κ1) is 15.7. The number of likely N-dealkylation sites (N-methyl/N-ethyl adjacent to an activating group) is 2. The Kier molecular flexibility index (Phi) is 5.13. The van der Waals surface area contributed by atoms with E-state index in [1.165, 1.54) is 0 Å². The van der Waals surface area contributed by atoms with Gasteiger partial charge in [0.05, 0.1) is 6.10 Å². The SMILES string of the molecule is CC(C)Oc1nc(N)nc(NCC2CN(C)CCN2C)n1. The number of rotatable bonds is 5. The molecule has 8 nitrogen and oxygen atoms in total. The zero-order valence-corrected chi connectivity index (χ0v) is 13.2. The highest BCUT2D eigenvalue weighted by molar-refractivity contribution is 5.32. The molecule has 3 N–H and O–H groups in total. The third kappa shape index (κ3) is 4.68. The van der Waals surface area contributed by atoms with Gasteiger partial charge in [0.15, 0.2) is 0 Å². The number of ether oxygens (including phenoxy) is 1. The molecule has 0 aromatic carbocycles. The summed E-state index contributed by atoms with van der Waals surface area (Å²) in [7, 11) is 4.27. The molecule has 118 valence electrons. The molecule has 8 heteroatoms. The second kappa shape index (κ2) is 6.86. The van der Waals surface area contributed by atoms with Gasteiger partial charge in [-0.15, -0.1) is 0 Å². The van der Waals surface area contributed by atoms with Gasteiger partial charge in [-0.1, -0.05) is 0 Å². The van der Waals surface area contributed by atoms with Crippen LogP contribution < -0.4 is 15.8 Å². The summed E-state index contributed by atoms with van der Waals surface area (Å²) in [6.45, 7) is 7.76. The van der Waals surface area contributed by atoms with Crippen LogP contribution in [0.5, 0.6) is 6.01 Å². The van der Waals surface area contributed by atoms with E-state index in [1.54, 1.807) is 0 Å². The fourth-order valence-electron chi connectivity index (χ4n) is 2.25. The van der Waals surface area contributed by atoms with E-state index in [2.05, 4.69) is 44.2 Å². The normalized spacial score (nSPS) is 20.7. The first-order chi connectivity index (χ1) is 9.94. The molecule has 1 saturated heterocycles. The molecule has 0 amide bonds. The predicted octanol–water partition coefficient (Wildman–Crippen LogP) is -0.101. The molecule has 0 saturated carbocycles. The van der Waals surface area contributed by atoms with Gasteiger partial charge in [-0.2, -0.15) is 15.0 Å². The zero-order valence-electron chi connectivity index (χ0n) is 13.2. The molecule has 1 unspecified atom stereocenters. The molecular formula is C13H25N7O. The highest BCUT2D eigenvalue weighted by Crippen LogP contribution is 2.12. The van der Waals surface area contributed by atoms with Crippen molar-refractivity contribution in [2.75, 3.05) is 51.3 Å². The topological polar surface area (TPSA) is 92.4 Å². The molecule has 1 aromatic heterocycles. The Morgan fingerprint density at radius 3 is 2.76 bits per heavy atom. The molecule has 2 rings (SSSR count). The predicted molar refractivity (Wildman–Crippen MR) is 82.4 cm³/mol. The molecule has 1 aromatic rings. The summed E-state index contributed by atoms with van der Waals surface area (Å²) in [6.07, 6.45) is -0.00206. The highest BCUT2D eigenvalue weighted by Gasteiger charge is 2.22. The third-order valence-corrected chi connectivity index (χ3v) is 3.45. The Bertz CT molecular complexity index is 468. The van der Waals surface area contributed by atoms with Gasteiger partial charge < -0.3 is 20.7 Å². The van der Waals surface area contributed by atoms with E-state index in [0.717, 1.165) is 26.2 Å². The van der Waals surface area contributed by atoms with Crippen molar-refractivity contribution in [2.45, 2.75) is 26.0 Å². The minimum Gasteiger partial charge on any atom is -0.461 e. The maximum atomic E-state index is 5.69. The maximum absolute atomic E-state index is 5.69. The van der Waals surface area contributed by atoms with E-state index in [-0.39, 0.29) is 18.1 Å². The summed E-state index contributed by atoms with van der Waals surface area (Å²) in [4.78, 5) is 17.0. The van der Waals surface area contributed by atoms with Crippen molar-refractivity contribution in [1.29, 1.82) is 0 Å². The lowest BCUT2D eigenvalue weighted by molar-refractivity contribution is 0.121. The summed E-state index contributed by atoms with van der Waals surface area (Å²) in [5, 5.41) is 3.23. The van der Waals surface area contributed by atoms with Gasteiger partial charge in [0, 0.05) is 32.2 Å². The number of hydrogen-bond acceptors (Lipinski definition) is 8. The first-order valence-electron chi connectivity index (χ1n) is 7.25. The van der Waals surface area contributed by atoms with Crippen LogP contribution in [0.2, 0.25) is 0 Å². The van der Waals surface area contributed by atoms with Crippen LogP contribution in [0, 0.1) is 0 Å². The second-order valence-corrected chi connectivity index (χ2v) is 5.74. The van der Waals surface area contributed by atoms with Crippen LogP contribution in [-0.4, -0.2) is 77.2 Å². The van der Waals surface area contributed by atoms with Gasteiger partial charge in [0.2, 0.25) is 11.9 Å². The standard InChI is InChI=1S/C13H25N7O/c1-9(2)21-13-17-11(14)16-12(18-13)15-7-10-8-19(3)5-6-20(10)4/h9-10H,5-8H2,1-4H3,(H3,14,15,16,17,18). The zero-order chi connectivity index (χ0) is 15.4.